The molecule has 1 heterocycles. The van der Waals surface area contributed by atoms with Crippen molar-refractivity contribution in [3.8, 4) is 5.75 Å². The topological polar surface area (TPSA) is 69.6 Å². The fourth-order valence-corrected chi connectivity index (χ4v) is 2.85. The summed E-state index contributed by atoms with van der Waals surface area (Å²) >= 11 is 0. The Morgan fingerprint density at radius 2 is 1.93 bits per heavy atom. The summed E-state index contributed by atoms with van der Waals surface area (Å²) in [4.78, 5) is 24.2. The molecule has 0 aliphatic rings. The number of carbonyl (C=O) groups is 2. The smallest absolute Gasteiger partial charge is 0.339 e. The van der Waals surface area contributed by atoms with E-state index in [1.165, 1.54) is 0 Å². The Labute approximate surface area is 160 Å². The van der Waals surface area contributed by atoms with Gasteiger partial charge in [0.25, 0.3) is 0 Å². The van der Waals surface area contributed by atoms with Gasteiger partial charge >= 0.3 is 5.97 Å². The highest BCUT2D eigenvalue weighted by Gasteiger charge is 2.17. The van der Waals surface area contributed by atoms with Crippen LogP contribution in [0.5, 0.6) is 5.75 Å². The monoisotopic (exact) mass is 372 g/mol. The van der Waals surface area contributed by atoms with E-state index >= 15 is 0 Å². The average molecular weight is 372 g/mol. The van der Waals surface area contributed by atoms with Crippen LogP contribution in [0.25, 0.3) is 0 Å². The van der Waals surface area contributed by atoms with Gasteiger partial charge in [-0.2, -0.15) is 0 Å². The molecule has 1 aromatic carbocycles. The molecule has 1 aromatic heterocycles. The summed E-state index contributed by atoms with van der Waals surface area (Å²) in [5.41, 5.74) is 3.26. The summed E-state index contributed by atoms with van der Waals surface area (Å²) in [7, 11) is 0. The van der Waals surface area contributed by atoms with E-state index in [0.29, 0.717) is 25.3 Å². The molecule has 6 nitrogen and oxygen atoms in total. The fourth-order valence-electron chi connectivity index (χ4n) is 2.85. The molecule has 0 saturated carbocycles. The minimum absolute atomic E-state index is 0.0947. The van der Waals surface area contributed by atoms with Gasteiger partial charge in [-0.1, -0.05) is 12.1 Å². The van der Waals surface area contributed by atoms with Crippen LogP contribution in [0, 0.1) is 20.8 Å². The molecule has 0 saturated heterocycles. The summed E-state index contributed by atoms with van der Waals surface area (Å²) in [5, 5.41) is 2.89. The maximum atomic E-state index is 12.2. The van der Waals surface area contributed by atoms with E-state index < -0.39 is 0 Å². The molecule has 146 valence electrons. The first kappa shape index (κ1) is 20.6. The van der Waals surface area contributed by atoms with E-state index in [4.69, 9.17) is 9.47 Å². The van der Waals surface area contributed by atoms with Crippen molar-refractivity contribution < 1.29 is 19.1 Å². The molecule has 0 radical (unpaired) electrons. The molecule has 0 aliphatic carbocycles. The van der Waals surface area contributed by atoms with Crippen LogP contribution in [-0.4, -0.2) is 36.2 Å². The van der Waals surface area contributed by atoms with Crippen molar-refractivity contribution in [2.75, 3.05) is 19.8 Å². The molecule has 2 rings (SSSR count). The van der Waals surface area contributed by atoms with Crippen molar-refractivity contribution in [1.29, 1.82) is 0 Å². The van der Waals surface area contributed by atoms with Gasteiger partial charge in [-0.25, -0.2) is 4.79 Å². The van der Waals surface area contributed by atoms with Gasteiger partial charge in [0.05, 0.1) is 18.8 Å². The third-order valence-corrected chi connectivity index (χ3v) is 4.27. The second-order valence-corrected chi connectivity index (χ2v) is 6.46. The Bertz CT molecular complexity index is 795. The first-order chi connectivity index (χ1) is 12.9. The lowest BCUT2D eigenvalue weighted by molar-refractivity contribution is -0.121. The second kappa shape index (κ2) is 9.80. The molecule has 0 bridgehead atoms. The third-order valence-electron chi connectivity index (χ3n) is 4.27. The van der Waals surface area contributed by atoms with Gasteiger partial charge in [0.1, 0.15) is 12.3 Å². The lowest BCUT2D eigenvalue weighted by Crippen LogP contribution is -2.30. The average Bonchev–Trinajstić information content (AvgIpc) is 2.90. The number of nitrogens with zero attached hydrogens (tertiary/aromatic N) is 1. The van der Waals surface area contributed by atoms with Gasteiger partial charge in [0, 0.05) is 17.9 Å². The van der Waals surface area contributed by atoms with Gasteiger partial charge in [-0.05, 0) is 57.9 Å². The van der Waals surface area contributed by atoms with E-state index in [2.05, 4.69) is 5.32 Å². The van der Waals surface area contributed by atoms with E-state index in [0.717, 1.165) is 29.1 Å². The molecule has 6 heteroatoms. The third kappa shape index (κ3) is 5.88. The second-order valence-electron chi connectivity index (χ2n) is 6.46. The van der Waals surface area contributed by atoms with Crippen LogP contribution >= 0.6 is 0 Å². The Morgan fingerprint density at radius 3 is 2.63 bits per heavy atom. The molecule has 2 aromatic rings. The minimum atomic E-state index is -0.356. The molecular weight excluding hydrogens is 344 g/mol. The fraction of sp³-hybridized carbons (Fsp3) is 0.429. The van der Waals surface area contributed by atoms with Crippen LogP contribution in [-0.2, 0) is 16.1 Å². The Morgan fingerprint density at radius 1 is 1.15 bits per heavy atom. The standard InChI is InChI=1S/C21H28N2O4/c1-5-26-21(25)19-13-16(3)23(17(19)4)14-20(24)22-10-7-11-27-18-9-6-8-15(2)12-18/h6,8-9,12-13H,5,7,10-11,14H2,1-4H3,(H,22,24). The number of rotatable bonds is 9. The summed E-state index contributed by atoms with van der Waals surface area (Å²) in [6, 6.07) is 9.64. The summed E-state index contributed by atoms with van der Waals surface area (Å²) < 4.78 is 12.5. The molecule has 0 atom stereocenters. The quantitative estimate of drug-likeness (QED) is 0.542. The maximum Gasteiger partial charge on any atom is 0.339 e. The largest absolute Gasteiger partial charge is 0.494 e. The Kier molecular flexibility index (Phi) is 7.46. The van der Waals surface area contributed by atoms with Crippen molar-refractivity contribution >= 4 is 11.9 Å². The molecule has 0 aliphatic heterocycles. The number of carbonyl (C=O) groups excluding carboxylic acids is 2. The van der Waals surface area contributed by atoms with Crippen LogP contribution in [0.15, 0.2) is 30.3 Å². The SMILES string of the molecule is CCOC(=O)c1cc(C)n(CC(=O)NCCCOc2cccc(C)c2)c1C. The van der Waals surface area contributed by atoms with Crippen LogP contribution < -0.4 is 10.1 Å². The first-order valence-electron chi connectivity index (χ1n) is 9.22. The van der Waals surface area contributed by atoms with Gasteiger partial charge in [-0.3, -0.25) is 4.79 Å². The summed E-state index contributed by atoms with van der Waals surface area (Å²) in [6.45, 7) is 9.07. The van der Waals surface area contributed by atoms with Crippen LogP contribution in [0.3, 0.4) is 0 Å². The molecule has 0 spiro atoms. The number of hydrogen-bond donors (Lipinski definition) is 1. The number of nitrogens with one attached hydrogen (secondary N) is 1. The number of hydrogen-bond acceptors (Lipinski definition) is 4. The van der Waals surface area contributed by atoms with Crippen LogP contribution in [0.2, 0.25) is 0 Å². The lowest BCUT2D eigenvalue weighted by Gasteiger charge is -2.11. The molecular formula is C21H28N2O4. The molecule has 0 fully saturated rings. The Balaban J connectivity index is 1.78. The minimum Gasteiger partial charge on any atom is -0.494 e. The predicted octanol–water partition coefficient (Wildman–Crippen LogP) is 3.18. The number of aryl methyl sites for hydroxylation is 2. The molecule has 27 heavy (non-hydrogen) atoms. The number of benzene rings is 1. The zero-order chi connectivity index (χ0) is 19.8. The highest BCUT2D eigenvalue weighted by Crippen LogP contribution is 2.16. The van der Waals surface area contributed by atoms with E-state index in [-0.39, 0.29) is 18.4 Å². The number of ether oxygens (including phenoxy) is 2. The molecule has 1 N–H and O–H groups in total. The molecule has 0 unspecified atom stereocenters. The maximum absolute atomic E-state index is 12.2. The van der Waals surface area contributed by atoms with E-state index in [9.17, 15) is 9.59 Å². The van der Waals surface area contributed by atoms with Crippen molar-refractivity contribution in [2.45, 2.75) is 40.7 Å². The van der Waals surface area contributed by atoms with E-state index in [1.807, 2.05) is 49.6 Å². The van der Waals surface area contributed by atoms with Crippen molar-refractivity contribution in [3.05, 3.63) is 52.8 Å². The highest BCUT2D eigenvalue weighted by molar-refractivity contribution is 5.91. The number of aromatic nitrogens is 1. The van der Waals surface area contributed by atoms with Crippen molar-refractivity contribution in [1.82, 2.24) is 9.88 Å². The first-order valence-corrected chi connectivity index (χ1v) is 9.22. The zero-order valence-electron chi connectivity index (χ0n) is 16.5. The van der Waals surface area contributed by atoms with Crippen molar-refractivity contribution in [2.24, 2.45) is 0 Å². The van der Waals surface area contributed by atoms with Crippen LogP contribution in [0.1, 0.15) is 40.7 Å². The van der Waals surface area contributed by atoms with Gasteiger partial charge in [-0.15, -0.1) is 0 Å². The summed E-state index contributed by atoms with van der Waals surface area (Å²) in [6.07, 6.45) is 0.720. The predicted molar refractivity (Wildman–Crippen MR) is 104 cm³/mol. The number of esters is 1. The lowest BCUT2D eigenvalue weighted by atomic mass is 10.2. The Hall–Kier alpha value is -2.76. The zero-order valence-corrected chi connectivity index (χ0v) is 16.5. The van der Waals surface area contributed by atoms with E-state index in [1.54, 1.807) is 13.0 Å². The van der Waals surface area contributed by atoms with Crippen molar-refractivity contribution in [3.63, 3.8) is 0 Å². The van der Waals surface area contributed by atoms with Crippen LogP contribution in [0.4, 0.5) is 0 Å². The number of amides is 1. The summed E-state index contributed by atoms with van der Waals surface area (Å²) in [5.74, 6) is 0.389. The molecule has 1 amide bonds. The normalized spacial score (nSPS) is 10.5. The van der Waals surface area contributed by atoms with Gasteiger partial charge in [0.15, 0.2) is 0 Å². The highest BCUT2D eigenvalue weighted by atomic mass is 16.5. The van der Waals surface area contributed by atoms with Gasteiger partial charge < -0.3 is 19.4 Å². The van der Waals surface area contributed by atoms with Gasteiger partial charge in [0.2, 0.25) is 5.91 Å².